The molecule has 24 heavy (non-hydrogen) atoms. The number of nitrogens with one attached hydrogen (secondary N) is 2. The molecule has 0 saturated heterocycles. The van der Waals surface area contributed by atoms with Crippen LogP contribution in [0.2, 0.25) is 0 Å². The lowest BCUT2D eigenvalue weighted by molar-refractivity contribution is -0.116. The lowest BCUT2D eigenvalue weighted by Gasteiger charge is -2.05. The van der Waals surface area contributed by atoms with Gasteiger partial charge in [-0.25, -0.2) is 0 Å². The third-order valence-corrected chi connectivity index (χ3v) is 5.41. The number of H-pyrrole nitrogens is 1. The van der Waals surface area contributed by atoms with E-state index < -0.39 is 0 Å². The van der Waals surface area contributed by atoms with Crippen molar-refractivity contribution in [2.45, 2.75) is 71.1 Å². The van der Waals surface area contributed by atoms with Crippen LogP contribution in [0, 0.1) is 3.95 Å². The van der Waals surface area contributed by atoms with E-state index >= 15 is 0 Å². The summed E-state index contributed by atoms with van der Waals surface area (Å²) in [5, 5.41) is 2.99. The van der Waals surface area contributed by atoms with Crippen LogP contribution in [0.1, 0.15) is 71.1 Å². The number of fused-ring (bicyclic) bond motifs is 1. The zero-order chi connectivity index (χ0) is 17.2. The van der Waals surface area contributed by atoms with Crippen molar-refractivity contribution < 1.29 is 4.79 Å². The number of rotatable bonds is 11. The molecular formula is C19H28N2OS2. The average Bonchev–Trinajstić information content (AvgIpc) is 2.92. The van der Waals surface area contributed by atoms with Crippen LogP contribution in [0.3, 0.4) is 0 Å². The quantitative estimate of drug-likeness (QED) is 0.339. The minimum Gasteiger partial charge on any atom is -0.337 e. The van der Waals surface area contributed by atoms with E-state index in [0.717, 1.165) is 32.7 Å². The van der Waals surface area contributed by atoms with Gasteiger partial charge in [-0.15, -0.1) is 11.3 Å². The van der Waals surface area contributed by atoms with E-state index in [1.807, 2.05) is 18.2 Å². The van der Waals surface area contributed by atoms with E-state index in [1.54, 1.807) is 0 Å². The summed E-state index contributed by atoms with van der Waals surface area (Å²) >= 11 is 6.68. The molecule has 0 saturated carbocycles. The van der Waals surface area contributed by atoms with E-state index in [2.05, 4.69) is 17.2 Å². The predicted octanol–water partition coefficient (Wildman–Crippen LogP) is 6.82. The van der Waals surface area contributed by atoms with Crippen LogP contribution >= 0.6 is 23.6 Å². The van der Waals surface area contributed by atoms with E-state index in [9.17, 15) is 4.79 Å². The molecule has 0 aliphatic rings. The first-order valence-corrected chi connectivity index (χ1v) is 10.3. The zero-order valence-electron chi connectivity index (χ0n) is 14.5. The van der Waals surface area contributed by atoms with Crippen LogP contribution < -0.4 is 5.32 Å². The molecule has 5 heteroatoms. The van der Waals surface area contributed by atoms with Gasteiger partial charge in [-0.3, -0.25) is 4.79 Å². The Morgan fingerprint density at radius 1 is 1.08 bits per heavy atom. The molecule has 0 spiro atoms. The maximum Gasteiger partial charge on any atom is 0.224 e. The number of hydrogen-bond acceptors (Lipinski definition) is 3. The molecule has 132 valence electrons. The number of thiazole rings is 1. The van der Waals surface area contributed by atoms with E-state index in [1.165, 1.54) is 56.3 Å². The predicted molar refractivity (Wildman–Crippen MR) is 107 cm³/mol. The second-order valence-electron chi connectivity index (χ2n) is 6.35. The van der Waals surface area contributed by atoms with Crippen LogP contribution in [-0.2, 0) is 4.79 Å². The largest absolute Gasteiger partial charge is 0.337 e. The van der Waals surface area contributed by atoms with Crippen molar-refractivity contribution in [3.63, 3.8) is 0 Å². The molecule has 0 bridgehead atoms. The number of benzene rings is 1. The SMILES string of the molecule is CCCCCCCCCCCC(=O)Nc1ccc2[nH]c(=S)sc2c1. The summed E-state index contributed by atoms with van der Waals surface area (Å²) in [5.74, 6) is 0.108. The lowest BCUT2D eigenvalue weighted by Crippen LogP contribution is -2.10. The van der Waals surface area contributed by atoms with E-state index in [0.29, 0.717) is 6.42 Å². The highest BCUT2D eigenvalue weighted by atomic mass is 32.1. The van der Waals surface area contributed by atoms with Crippen molar-refractivity contribution >= 4 is 45.4 Å². The Labute approximate surface area is 153 Å². The number of amides is 1. The van der Waals surface area contributed by atoms with Gasteiger partial charge in [0.2, 0.25) is 5.91 Å². The summed E-state index contributed by atoms with van der Waals surface area (Å²) < 4.78 is 1.85. The number of aromatic nitrogens is 1. The third kappa shape index (κ3) is 6.73. The molecule has 0 fully saturated rings. The second-order valence-corrected chi connectivity index (χ2v) is 8.07. The van der Waals surface area contributed by atoms with Crippen LogP contribution in [0.4, 0.5) is 5.69 Å². The summed E-state index contributed by atoms with van der Waals surface area (Å²) in [4.78, 5) is 15.2. The van der Waals surface area contributed by atoms with Gasteiger partial charge in [0.05, 0.1) is 10.2 Å². The highest BCUT2D eigenvalue weighted by Gasteiger charge is 2.04. The van der Waals surface area contributed by atoms with Crippen molar-refractivity contribution in [3.8, 4) is 0 Å². The van der Waals surface area contributed by atoms with Crippen molar-refractivity contribution in [1.82, 2.24) is 4.98 Å². The van der Waals surface area contributed by atoms with Gasteiger partial charge in [0.15, 0.2) is 3.95 Å². The zero-order valence-corrected chi connectivity index (χ0v) is 16.2. The smallest absolute Gasteiger partial charge is 0.224 e. The fourth-order valence-electron chi connectivity index (χ4n) is 2.84. The van der Waals surface area contributed by atoms with Crippen molar-refractivity contribution in [2.24, 2.45) is 0 Å². The topological polar surface area (TPSA) is 44.9 Å². The van der Waals surface area contributed by atoms with Gasteiger partial charge in [-0.2, -0.15) is 0 Å². The molecule has 2 aromatic rings. The Morgan fingerprint density at radius 2 is 1.75 bits per heavy atom. The van der Waals surface area contributed by atoms with Crippen molar-refractivity contribution in [3.05, 3.63) is 22.2 Å². The van der Waals surface area contributed by atoms with Crippen molar-refractivity contribution in [2.75, 3.05) is 5.32 Å². The molecular weight excluding hydrogens is 336 g/mol. The van der Waals surface area contributed by atoms with E-state index in [-0.39, 0.29) is 5.91 Å². The minimum atomic E-state index is 0.108. The lowest BCUT2D eigenvalue weighted by atomic mass is 10.1. The summed E-state index contributed by atoms with van der Waals surface area (Å²) in [6.07, 6.45) is 12.0. The first-order valence-electron chi connectivity index (χ1n) is 9.12. The molecule has 2 N–H and O–H groups in total. The van der Waals surface area contributed by atoms with Gasteiger partial charge in [0.25, 0.3) is 0 Å². The summed E-state index contributed by atoms with van der Waals surface area (Å²) in [6, 6.07) is 5.88. The molecule has 0 radical (unpaired) electrons. The number of hydrogen-bond donors (Lipinski definition) is 2. The van der Waals surface area contributed by atoms with Gasteiger partial charge >= 0.3 is 0 Å². The fraction of sp³-hybridized carbons (Fsp3) is 0.579. The maximum atomic E-state index is 12.0. The fourth-order valence-corrected chi connectivity index (χ4v) is 4.00. The maximum absolute atomic E-state index is 12.0. The number of carbonyl (C=O) groups is 1. The Morgan fingerprint density at radius 3 is 2.46 bits per heavy atom. The molecule has 0 aliphatic carbocycles. The normalized spacial score (nSPS) is 11.0. The van der Waals surface area contributed by atoms with Crippen molar-refractivity contribution in [1.29, 1.82) is 0 Å². The number of anilines is 1. The van der Waals surface area contributed by atoms with Crippen LogP contribution in [0.5, 0.6) is 0 Å². The minimum absolute atomic E-state index is 0.108. The average molecular weight is 365 g/mol. The highest BCUT2D eigenvalue weighted by molar-refractivity contribution is 7.73. The molecule has 1 aromatic carbocycles. The molecule has 1 aromatic heterocycles. The molecule has 0 atom stereocenters. The Kier molecular flexibility index (Phi) is 8.47. The van der Waals surface area contributed by atoms with Gasteiger partial charge in [0.1, 0.15) is 0 Å². The van der Waals surface area contributed by atoms with Gasteiger partial charge in [-0.05, 0) is 36.8 Å². The summed E-state index contributed by atoms with van der Waals surface area (Å²) in [7, 11) is 0. The molecule has 0 aliphatic heterocycles. The first-order chi connectivity index (χ1) is 11.7. The summed E-state index contributed by atoms with van der Waals surface area (Å²) in [6.45, 7) is 2.25. The molecule has 0 unspecified atom stereocenters. The van der Waals surface area contributed by atoms with Gasteiger partial charge in [-0.1, -0.05) is 58.3 Å². The molecule has 2 rings (SSSR count). The third-order valence-electron chi connectivity index (χ3n) is 4.21. The Bertz CT molecular complexity index is 690. The first kappa shape index (κ1) is 19.1. The summed E-state index contributed by atoms with van der Waals surface area (Å²) in [5.41, 5.74) is 1.88. The van der Waals surface area contributed by atoms with Gasteiger partial charge < -0.3 is 10.3 Å². The molecule has 1 heterocycles. The number of aromatic amines is 1. The Hall–Kier alpha value is -1.20. The highest BCUT2D eigenvalue weighted by Crippen LogP contribution is 2.23. The standard InChI is InChI=1S/C19H28N2OS2/c1-2-3-4-5-6-7-8-9-10-11-18(22)20-15-12-13-16-17(14-15)24-19(23)21-16/h12-14H,2-11H2,1H3,(H,20,22)(H,21,23). The van der Waals surface area contributed by atoms with E-state index in [4.69, 9.17) is 12.2 Å². The van der Waals surface area contributed by atoms with Gasteiger partial charge in [0, 0.05) is 12.1 Å². The van der Waals surface area contributed by atoms with Crippen LogP contribution in [0.25, 0.3) is 10.2 Å². The van der Waals surface area contributed by atoms with Crippen LogP contribution in [-0.4, -0.2) is 10.9 Å². The monoisotopic (exact) mass is 364 g/mol. The second kappa shape index (κ2) is 10.6. The molecule has 1 amide bonds. The number of unbranched alkanes of at least 4 members (excludes halogenated alkanes) is 8. The Balaban J connectivity index is 1.60. The van der Waals surface area contributed by atoms with Crippen LogP contribution in [0.15, 0.2) is 18.2 Å². The number of carbonyl (C=O) groups excluding carboxylic acids is 1. The molecule has 3 nitrogen and oxygen atoms in total.